The van der Waals surface area contributed by atoms with Crippen LogP contribution in [0, 0.1) is 0 Å². The second kappa shape index (κ2) is 13.9. The number of hydrogen-bond donors (Lipinski definition) is 0. The lowest BCUT2D eigenvalue weighted by molar-refractivity contribution is 0.671. The number of rotatable bonds is 6. The molecule has 0 unspecified atom stereocenters. The molecular formula is C58H37NO. The molecule has 2 heteroatoms. The highest BCUT2D eigenvalue weighted by Gasteiger charge is 2.20. The van der Waals surface area contributed by atoms with Gasteiger partial charge in [-0.2, -0.15) is 0 Å². The van der Waals surface area contributed by atoms with Crippen LogP contribution < -0.4 is 4.90 Å². The summed E-state index contributed by atoms with van der Waals surface area (Å²) in [5.74, 6) is 0. The van der Waals surface area contributed by atoms with Crippen LogP contribution in [0.5, 0.6) is 0 Å². The van der Waals surface area contributed by atoms with Gasteiger partial charge in [-0.1, -0.05) is 188 Å². The summed E-state index contributed by atoms with van der Waals surface area (Å²) in [4.78, 5) is 1.91. The first kappa shape index (κ1) is 30.2. The maximum Gasteiger partial charge on any atom is 0.143 e. The molecule has 0 aliphatic heterocycles. The van der Waals surface area contributed by atoms with Crippen LogP contribution in [0.1, 0.15) is 5.48 Å². The minimum absolute atomic E-state index is 0.102. The van der Waals surface area contributed by atoms with E-state index in [2.05, 4.69) is 103 Å². The van der Waals surface area contributed by atoms with Gasteiger partial charge in [-0.25, -0.2) is 0 Å². The van der Waals surface area contributed by atoms with Gasteiger partial charge in [-0.05, 0) is 96.3 Å². The molecule has 1 aromatic heterocycles. The highest BCUT2D eigenvalue weighted by molar-refractivity contribution is 6.16. The van der Waals surface area contributed by atoms with Crippen LogP contribution in [0.15, 0.2) is 229 Å². The van der Waals surface area contributed by atoms with Gasteiger partial charge >= 0.3 is 0 Å². The summed E-state index contributed by atoms with van der Waals surface area (Å²) < 4.78 is 45.9. The average Bonchev–Trinajstić information content (AvgIpc) is 3.74. The van der Waals surface area contributed by atoms with E-state index >= 15 is 0 Å². The first-order chi connectivity index (χ1) is 31.4. The molecule has 0 atom stereocenters. The number of benzene rings is 11. The molecule has 0 aliphatic rings. The van der Waals surface area contributed by atoms with E-state index in [9.17, 15) is 5.48 Å². The Bertz CT molecular complexity index is 3810. The van der Waals surface area contributed by atoms with Gasteiger partial charge in [-0.3, -0.25) is 0 Å². The molecule has 12 rings (SSSR count). The summed E-state index contributed by atoms with van der Waals surface area (Å²) in [5.41, 5.74) is 8.19. The molecule has 0 radical (unpaired) electrons. The predicted molar refractivity (Wildman–Crippen MR) is 255 cm³/mol. The molecule has 2 nitrogen and oxygen atoms in total. The topological polar surface area (TPSA) is 16.4 Å². The fourth-order valence-electron chi connectivity index (χ4n) is 9.10. The van der Waals surface area contributed by atoms with E-state index in [1.807, 2.05) is 102 Å². The number of furan rings is 1. The number of hydrogen-bond acceptors (Lipinski definition) is 2. The van der Waals surface area contributed by atoms with Crippen molar-refractivity contribution in [3.8, 4) is 33.4 Å². The Morgan fingerprint density at radius 2 is 0.800 bits per heavy atom. The minimum Gasteiger partial charge on any atom is -0.455 e. The fraction of sp³-hybridized carbons (Fsp3) is 0. The van der Waals surface area contributed by atoms with Crippen molar-refractivity contribution in [3.05, 3.63) is 224 Å². The van der Waals surface area contributed by atoms with Crippen molar-refractivity contribution < 1.29 is 9.90 Å². The normalized spacial score (nSPS) is 12.6. The van der Waals surface area contributed by atoms with Gasteiger partial charge in [-0.15, -0.1) is 0 Å². The number of anilines is 3. The zero-order chi connectivity index (χ0) is 43.1. The van der Waals surface area contributed by atoms with E-state index in [4.69, 9.17) is 4.42 Å². The summed E-state index contributed by atoms with van der Waals surface area (Å²) in [5, 5.41) is 10.0. The monoisotopic (exact) mass is 767 g/mol. The van der Waals surface area contributed by atoms with Crippen molar-refractivity contribution >= 4 is 82.1 Å². The van der Waals surface area contributed by atoms with Crippen LogP contribution in [-0.4, -0.2) is 0 Å². The van der Waals surface area contributed by atoms with Gasteiger partial charge < -0.3 is 9.32 Å². The summed E-state index contributed by atoms with van der Waals surface area (Å²) in [6.45, 7) is 0. The summed E-state index contributed by atoms with van der Waals surface area (Å²) in [7, 11) is 0. The molecule has 0 saturated carbocycles. The Labute approximate surface area is 353 Å². The molecule has 0 amide bonds. The fourth-order valence-corrected chi connectivity index (χ4v) is 9.10. The molecule has 0 N–H and O–H groups in total. The summed E-state index contributed by atoms with van der Waals surface area (Å²) >= 11 is 0. The van der Waals surface area contributed by atoms with Crippen molar-refractivity contribution in [2.24, 2.45) is 0 Å². The van der Waals surface area contributed by atoms with Gasteiger partial charge in [0.15, 0.2) is 0 Å². The number of para-hydroxylation sites is 2. The van der Waals surface area contributed by atoms with Crippen LogP contribution in [0.25, 0.3) is 98.4 Å². The Morgan fingerprint density at radius 1 is 0.317 bits per heavy atom. The van der Waals surface area contributed by atoms with Crippen LogP contribution in [-0.2, 0) is 0 Å². The van der Waals surface area contributed by atoms with Crippen molar-refractivity contribution in [3.63, 3.8) is 0 Å². The smallest absolute Gasteiger partial charge is 0.143 e. The molecule has 280 valence electrons. The van der Waals surface area contributed by atoms with Gasteiger partial charge in [0.1, 0.15) is 11.2 Å². The third-order valence-electron chi connectivity index (χ3n) is 11.9. The second-order valence-electron chi connectivity index (χ2n) is 15.3. The molecule has 0 fully saturated rings. The standard InChI is InChI=1S/C58H37NO/c1-2-14-38(15-3-1)47-24-12-26-53-54-27-13-25-48(58(54)60-57(47)53)39-28-32-43(33-29-39)59(56-37-42-17-5-7-19-46(42)50-21-10-11-23-52(50)56)44-34-30-40(31-35-44)55-36-41-16-4-6-18-45(41)49-20-8-9-22-51(49)55/h1-37H/i30D,31D,34D,35D. The van der Waals surface area contributed by atoms with Gasteiger partial charge in [0.05, 0.1) is 11.2 Å². The van der Waals surface area contributed by atoms with E-state index in [1.54, 1.807) is 0 Å². The third kappa shape index (κ3) is 5.50. The zero-order valence-electron chi connectivity index (χ0n) is 36.4. The van der Waals surface area contributed by atoms with Crippen LogP contribution in [0.2, 0.25) is 0 Å². The summed E-state index contributed by atoms with van der Waals surface area (Å²) in [6.07, 6.45) is 0. The predicted octanol–water partition coefficient (Wildman–Crippen LogP) is 16.7. The zero-order valence-corrected chi connectivity index (χ0v) is 32.4. The third-order valence-corrected chi connectivity index (χ3v) is 11.9. The summed E-state index contributed by atoms with van der Waals surface area (Å²) in [6, 6.07) is 67.1. The Hall–Kier alpha value is -7.94. The molecule has 12 aromatic rings. The van der Waals surface area contributed by atoms with Crippen molar-refractivity contribution in [1.29, 1.82) is 0 Å². The lowest BCUT2D eigenvalue weighted by Gasteiger charge is -2.28. The Balaban J connectivity index is 1.07. The van der Waals surface area contributed by atoms with Crippen LogP contribution in [0.4, 0.5) is 17.1 Å². The SMILES string of the molecule is [2H]c1c([2H])c(N(c2ccc(-c3cccc4c3oc3c(-c5ccccc5)cccc34)cc2)c2cc3ccccc3c3ccccc23)c([2H])c([2H])c1-c1cc2ccccc2c2ccccc12. The van der Waals surface area contributed by atoms with Gasteiger partial charge in [0.2, 0.25) is 0 Å². The first-order valence-electron chi connectivity index (χ1n) is 22.3. The van der Waals surface area contributed by atoms with Crippen molar-refractivity contribution in [1.82, 2.24) is 0 Å². The lowest BCUT2D eigenvalue weighted by atomic mass is 9.93. The largest absolute Gasteiger partial charge is 0.455 e. The maximum atomic E-state index is 9.85. The number of fused-ring (bicyclic) bond motifs is 9. The second-order valence-corrected chi connectivity index (χ2v) is 15.3. The van der Waals surface area contributed by atoms with E-state index in [-0.39, 0.29) is 35.4 Å². The molecule has 0 bridgehead atoms. The molecule has 0 spiro atoms. The molecular weight excluding hydrogens is 727 g/mol. The molecule has 0 aliphatic carbocycles. The first-order valence-corrected chi connectivity index (χ1v) is 20.3. The van der Waals surface area contributed by atoms with Gasteiger partial charge in [0.25, 0.3) is 0 Å². The van der Waals surface area contributed by atoms with Crippen LogP contribution >= 0.6 is 0 Å². The van der Waals surface area contributed by atoms with Crippen LogP contribution in [0.3, 0.4) is 0 Å². The average molecular weight is 768 g/mol. The number of nitrogens with zero attached hydrogens (tertiary/aromatic N) is 1. The van der Waals surface area contributed by atoms with Crippen molar-refractivity contribution in [2.75, 3.05) is 4.90 Å². The van der Waals surface area contributed by atoms with E-state index in [0.717, 1.165) is 93.0 Å². The van der Waals surface area contributed by atoms with E-state index in [0.29, 0.717) is 11.3 Å². The quantitative estimate of drug-likeness (QED) is 0.157. The highest BCUT2D eigenvalue weighted by Crippen LogP contribution is 2.45. The molecule has 60 heavy (non-hydrogen) atoms. The van der Waals surface area contributed by atoms with E-state index in [1.165, 1.54) is 0 Å². The van der Waals surface area contributed by atoms with Gasteiger partial charge in [0, 0.05) is 38.7 Å². The maximum absolute atomic E-state index is 9.85. The highest BCUT2D eigenvalue weighted by atomic mass is 16.3. The lowest BCUT2D eigenvalue weighted by Crippen LogP contribution is -2.10. The van der Waals surface area contributed by atoms with Crippen molar-refractivity contribution in [2.45, 2.75) is 0 Å². The Kier molecular flexibility index (Phi) is 6.98. The molecule has 1 heterocycles. The molecule has 11 aromatic carbocycles. The minimum atomic E-state index is -0.129. The Morgan fingerprint density at radius 3 is 1.43 bits per heavy atom. The van der Waals surface area contributed by atoms with E-state index < -0.39 is 0 Å². The molecule has 0 saturated heterocycles.